The van der Waals surface area contributed by atoms with Crippen LogP contribution in [0.3, 0.4) is 0 Å². The molecule has 1 heterocycles. The van der Waals surface area contributed by atoms with Gasteiger partial charge in [-0.15, -0.1) is 0 Å². The Morgan fingerprint density at radius 1 is 1.21 bits per heavy atom. The van der Waals surface area contributed by atoms with Crippen molar-refractivity contribution in [1.29, 1.82) is 0 Å². The SMILES string of the molecule is CCCCCCC1CCC2(CC1)OCC2S(=O)(=O)[O-]. The van der Waals surface area contributed by atoms with Gasteiger partial charge in [-0.3, -0.25) is 0 Å². The predicted molar refractivity (Wildman–Crippen MR) is 72.9 cm³/mol. The molecule has 19 heavy (non-hydrogen) atoms. The molecule has 1 atom stereocenters. The second-order valence-electron chi connectivity index (χ2n) is 6.15. The Morgan fingerprint density at radius 2 is 1.89 bits per heavy atom. The van der Waals surface area contributed by atoms with Crippen LogP contribution in [0.1, 0.15) is 64.7 Å². The summed E-state index contributed by atoms with van der Waals surface area (Å²) in [7, 11) is -4.19. The lowest BCUT2D eigenvalue weighted by Gasteiger charge is -2.53. The number of hydrogen-bond donors (Lipinski definition) is 0. The summed E-state index contributed by atoms with van der Waals surface area (Å²) in [6.07, 6.45) is 9.89. The van der Waals surface area contributed by atoms with Gasteiger partial charge < -0.3 is 9.29 Å². The average molecular weight is 289 g/mol. The first-order chi connectivity index (χ1) is 8.98. The second kappa shape index (κ2) is 6.10. The molecule has 0 N–H and O–H groups in total. The molecule has 1 aliphatic carbocycles. The number of ether oxygens (including phenoxy) is 1. The highest BCUT2D eigenvalue weighted by molar-refractivity contribution is 7.86. The van der Waals surface area contributed by atoms with Crippen LogP contribution in [0, 0.1) is 5.92 Å². The number of unbranched alkanes of at least 4 members (excludes halogenated alkanes) is 3. The van der Waals surface area contributed by atoms with E-state index in [1.165, 1.54) is 32.1 Å². The average Bonchev–Trinajstić information content (AvgIpc) is 2.32. The Hall–Kier alpha value is -0.130. The van der Waals surface area contributed by atoms with Crippen LogP contribution in [0.25, 0.3) is 0 Å². The van der Waals surface area contributed by atoms with Gasteiger partial charge in [0.1, 0.15) is 15.4 Å². The minimum absolute atomic E-state index is 0.104. The number of rotatable bonds is 6. The first-order valence-corrected chi connectivity index (χ1v) is 9.04. The monoisotopic (exact) mass is 289 g/mol. The summed E-state index contributed by atoms with van der Waals surface area (Å²) in [5, 5.41) is -0.791. The maximum absolute atomic E-state index is 11.2. The maximum Gasteiger partial charge on any atom is 0.103 e. The molecule has 0 aromatic rings. The van der Waals surface area contributed by atoms with E-state index in [-0.39, 0.29) is 6.61 Å². The Balaban J connectivity index is 1.76. The van der Waals surface area contributed by atoms with E-state index in [0.29, 0.717) is 5.92 Å². The third-order valence-electron chi connectivity index (χ3n) is 4.87. The van der Waals surface area contributed by atoms with Crippen molar-refractivity contribution in [2.24, 2.45) is 5.92 Å². The van der Waals surface area contributed by atoms with Gasteiger partial charge in [-0.1, -0.05) is 39.0 Å². The Bertz CT molecular complexity index is 382. The van der Waals surface area contributed by atoms with Crippen LogP contribution in [0.2, 0.25) is 0 Å². The summed E-state index contributed by atoms with van der Waals surface area (Å²) in [5.74, 6) is 0.696. The molecular weight excluding hydrogens is 264 g/mol. The van der Waals surface area contributed by atoms with Gasteiger partial charge in [-0.25, -0.2) is 8.42 Å². The van der Waals surface area contributed by atoms with E-state index < -0.39 is 21.0 Å². The molecule has 1 saturated carbocycles. The molecule has 0 radical (unpaired) electrons. The van der Waals surface area contributed by atoms with E-state index >= 15 is 0 Å². The molecule has 5 heteroatoms. The van der Waals surface area contributed by atoms with Gasteiger partial charge in [0.15, 0.2) is 0 Å². The molecule has 1 aliphatic heterocycles. The lowest BCUT2D eigenvalue weighted by atomic mass is 9.73. The van der Waals surface area contributed by atoms with Crippen molar-refractivity contribution in [3.8, 4) is 0 Å². The van der Waals surface area contributed by atoms with Gasteiger partial charge in [0.2, 0.25) is 0 Å². The van der Waals surface area contributed by atoms with Gasteiger partial charge in [-0.2, -0.15) is 0 Å². The molecule has 1 saturated heterocycles. The van der Waals surface area contributed by atoms with E-state index in [9.17, 15) is 13.0 Å². The molecule has 112 valence electrons. The third-order valence-corrected chi connectivity index (χ3v) is 6.14. The first kappa shape index (κ1) is 15.3. The van der Waals surface area contributed by atoms with Crippen molar-refractivity contribution in [2.45, 2.75) is 75.6 Å². The standard InChI is InChI=1S/C14H26O4S/c1-2-3-4-5-6-12-7-9-14(10-8-12)13(11-18-14)19(15,16)17/h12-13H,2-11H2,1H3,(H,15,16,17)/p-1. The lowest BCUT2D eigenvalue weighted by molar-refractivity contribution is -0.166. The molecule has 1 unspecified atom stereocenters. The van der Waals surface area contributed by atoms with Crippen LogP contribution in [-0.2, 0) is 14.9 Å². The fraction of sp³-hybridized carbons (Fsp3) is 1.00. The summed E-state index contributed by atoms with van der Waals surface area (Å²) < 4.78 is 39.0. The quantitative estimate of drug-likeness (QED) is 0.557. The van der Waals surface area contributed by atoms with E-state index in [1.807, 2.05) is 0 Å². The summed E-state index contributed by atoms with van der Waals surface area (Å²) >= 11 is 0. The van der Waals surface area contributed by atoms with E-state index in [0.717, 1.165) is 25.7 Å². The normalized spacial score (nSPS) is 35.3. The third kappa shape index (κ3) is 3.50. The molecule has 0 bridgehead atoms. The Labute approximate surface area is 116 Å². The zero-order valence-electron chi connectivity index (χ0n) is 11.8. The number of hydrogen-bond acceptors (Lipinski definition) is 4. The highest BCUT2D eigenvalue weighted by Gasteiger charge is 2.53. The van der Waals surface area contributed by atoms with Crippen molar-refractivity contribution < 1.29 is 17.7 Å². The maximum atomic E-state index is 11.2. The molecule has 2 fully saturated rings. The zero-order chi connectivity index (χ0) is 13.9. The zero-order valence-corrected chi connectivity index (χ0v) is 12.6. The minimum Gasteiger partial charge on any atom is -0.748 e. The van der Waals surface area contributed by atoms with Crippen molar-refractivity contribution in [1.82, 2.24) is 0 Å². The smallest absolute Gasteiger partial charge is 0.103 e. The first-order valence-electron chi connectivity index (χ1n) is 7.56. The summed E-state index contributed by atoms with van der Waals surface area (Å²) in [6, 6.07) is 0. The van der Waals surface area contributed by atoms with Gasteiger partial charge in [0.25, 0.3) is 0 Å². The lowest BCUT2D eigenvalue weighted by Crippen LogP contribution is -2.62. The van der Waals surface area contributed by atoms with Crippen LogP contribution >= 0.6 is 0 Å². The molecule has 0 aromatic heterocycles. The van der Waals surface area contributed by atoms with Crippen LogP contribution < -0.4 is 0 Å². The molecule has 0 aromatic carbocycles. The molecule has 1 spiro atoms. The van der Waals surface area contributed by atoms with E-state index in [2.05, 4.69) is 6.92 Å². The van der Waals surface area contributed by atoms with Crippen molar-refractivity contribution in [3.63, 3.8) is 0 Å². The van der Waals surface area contributed by atoms with E-state index in [4.69, 9.17) is 4.74 Å². The Morgan fingerprint density at radius 3 is 2.37 bits per heavy atom. The van der Waals surface area contributed by atoms with Crippen LogP contribution in [-0.4, -0.2) is 30.4 Å². The topological polar surface area (TPSA) is 66.4 Å². The second-order valence-corrected chi connectivity index (χ2v) is 7.70. The van der Waals surface area contributed by atoms with Crippen molar-refractivity contribution in [3.05, 3.63) is 0 Å². The minimum atomic E-state index is -4.19. The largest absolute Gasteiger partial charge is 0.748 e. The Kier molecular flexibility index (Phi) is 4.90. The van der Waals surface area contributed by atoms with Crippen LogP contribution in [0.15, 0.2) is 0 Å². The van der Waals surface area contributed by atoms with Crippen LogP contribution in [0.5, 0.6) is 0 Å². The summed E-state index contributed by atoms with van der Waals surface area (Å²) in [4.78, 5) is 0. The predicted octanol–water partition coefficient (Wildman–Crippen LogP) is 2.83. The summed E-state index contributed by atoms with van der Waals surface area (Å²) in [6.45, 7) is 2.31. The molecular formula is C14H25O4S-. The molecule has 0 amide bonds. The molecule has 2 aliphatic rings. The fourth-order valence-electron chi connectivity index (χ4n) is 3.51. The van der Waals surface area contributed by atoms with Gasteiger partial charge in [0.05, 0.1) is 12.2 Å². The summed E-state index contributed by atoms with van der Waals surface area (Å²) in [5.41, 5.74) is -0.625. The van der Waals surface area contributed by atoms with Gasteiger partial charge in [-0.05, 0) is 31.6 Å². The highest BCUT2D eigenvalue weighted by Crippen LogP contribution is 2.46. The molecule has 4 nitrogen and oxygen atoms in total. The van der Waals surface area contributed by atoms with Gasteiger partial charge in [0, 0.05) is 0 Å². The van der Waals surface area contributed by atoms with Crippen molar-refractivity contribution >= 4 is 10.1 Å². The van der Waals surface area contributed by atoms with Crippen molar-refractivity contribution in [2.75, 3.05) is 6.61 Å². The highest BCUT2D eigenvalue weighted by atomic mass is 32.2. The molecule has 2 rings (SSSR count). The van der Waals surface area contributed by atoms with Crippen LogP contribution in [0.4, 0.5) is 0 Å². The fourth-order valence-corrected chi connectivity index (χ4v) is 4.58. The van der Waals surface area contributed by atoms with E-state index in [1.54, 1.807) is 0 Å². The van der Waals surface area contributed by atoms with Gasteiger partial charge >= 0.3 is 0 Å².